The van der Waals surface area contributed by atoms with Crippen LogP contribution in [-0.4, -0.2) is 15.5 Å². The molecule has 1 amide bonds. The third-order valence-corrected chi connectivity index (χ3v) is 4.03. The van der Waals surface area contributed by atoms with E-state index >= 15 is 0 Å². The van der Waals surface area contributed by atoms with Gasteiger partial charge in [0.1, 0.15) is 5.82 Å². The molecule has 2 aromatic heterocycles. The van der Waals surface area contributed by atoms with Crippen molar-refractivity contribution in [1.82, 2.24) is 9.55 Å². The number of pyridine rings is 2. The number of rotatable bonds is 5. The lowest BCUT2D eigenvalue weighted by Gasteiger charge is -2.08. The highest BCUT2D eigenvalue weighted by Crippen LogP contribution is 2.21. The molecule has 2 heterocycles. The lowest BCUT2D eigenvalue weighted by atomic mass is 10.0. The molecule has 3 rings (SSSR count). The van der Waals surface area contributed by atoms with Crippen molar-refractivity contribution >= 4 is 11.7 Å². The van der Waals surface area contributed by atoms with Gasteiger partial charge in [-0.05, 0) is 35.7 Å². The Morgan fingerprint density at radius 2 is 1.96 bits per heavy atom. The van der Waals surface area contributed by atoms with Crippen molar-refractivity contribution in [2.75, 3.05) is 5.32 Å². The monoisotopic (exact) mass is 369 g/mol. The molecule has 27 heavy (non-hydrogen) atoms. The minimum atomic E-state index is -2.50. The zero-order valence-electron chi connectivity index (χ0n) is 14.5. The third-order valence-electron chi connectivity index (χ3n) is 4.03. The molecule has 0 aliphatic heterocycles. The van der Waals surface area contributed by atoms with Gasteiger partial charge >= 0.3 is 0 Å². The van der Waals surface area contributed by atoms with Crippen LogP contribution in [-0.2, 0) is 13.5 Å². The van der Waals surface area contributed by atoms with Crippen LogP contribution in [0.15, 0.2) is 65.7 Å². The highest BCUT2D eigenvalue weighted by Gasteiger charge is 2.09. The second-order valence-corrected chi connectivity index (χ2v) is 6.10. The lowest BCUT2D eigenvalue weighted by Crippen LogP contribution is -2.19. The van der Waals surface area contributed by atoms with E-state index in [0.717, 1.165) is 11.1 Å². The number of nitrogens with zero attached hydrogens (tertiary/aromatic N) is 2. The van der Waals surface area contributed by atoms with Crippen molar-refractivity contribution in [2.24, 2.45) is 7.05 Å². The van der Waals surface area contributed by atoms with E-state index in [1.54, 1.807) is 37.5 Å². The number of aromatic nitrogens is 2. The molecule has 1 N–H and O–H groups in total. The molecule has 5 nitrogen and oxygen atoms in total. The van der Waals surface area contributed by atoms with Crippen molar-refractivity contribution in [3.8, 4) is 0 Å². The van der Waals surface area contributed by atoms with Gasteiger partial charge in [0, 0.05) is 31.1 Å². The molecule has 0 aliphatic rings. The van der Waals surface area contributed by atoms with Crippen LogP contribution in [0, 0.1) is 0 Å². The normalized spacial score (nSPS) is 10.8. The second kappa shape index (κ2) is 7.90. The van der Waals surface area contributed by atoms with Crippen LogP contribution in [0.5, 0.6) is 0 Å². The topological polar surface area (TPSA) is 64.0 Å². The van der Waals surface area contributed by atoms with Crippen LogP contribution in [0.1, 0.15) is 33.5 Å². The number of carbonyl (C=O) groups is 1. The highest BCUT2D eigenvalue weighted by atomic mass is 19.3. The van der Waals surface area contributed by atoms with Crippen molar-refractivity contribution in [1.29, 1.82) is 0 Å². The molecule has 0 unspecified atom stereocenters. The maximum absolute atomic E-state index is 12.8. The van der Waals surface area contributed by atoms with E-state index in [0.29, 0.717) is 17.8 Å². The highest BCUT2D eigenvalue weighted by molar-refractivity contribution is 6.03. The van der Waals surface area contributed by atoms with Crippen LogP contribution < -0.4 is 10.9 Å². The average Bonchev–Trinajstić information content (AvgIpc) is 2.65. The minimum absolute atomic E-state index is 0.0124. The third kappa shape index (κ3) is 4.63. The number of anilines is 1. The van der Waals surface area contributed by atoms with Gasteiger partial charge in [0.15, 0.2) is 0 Å². The number of carbonyl (C=O) groups excluding carboxylic acids is 1. The van der Waals surface area contributed by atoms with Gasteiger partial charge in [-0.1, -0.05) is 24.3 Å². The lowest BCUT2D eigenvalue weighted by molar-refractivity contribution is 0.102. The van der Waals surface area contributed by atoms with Gasteiger partial charge in [-0.3, -0.25) is 9.59 Å². The standard InChI is InChI=1S/C20H17F2N3O2/c1-25-12-16(6-8-18(25)26)20(27)24-17-7-5-14(11-23-17)9-13-3-2-4-15(10-13)19(21)22/h2-8,10-12,19H,9H2,1H3,(H,23,24,27). The van der Waals surface area contributed by atoms with Gasteiger partial charge < -0.3 is 9.88 Å². The first kappa shape index (κ1) is 18.4. The fraction of sp³-hybridized carbons (Fsp3) is 0.150. The molecule has 0 spiro atoms. The first-order valence-corrected chi connectivity index (χ1v) is 8.22. The summed E-state index contributed by atoms with van der Waals surface area (Å²) >= 11 is 0. The number of hydrogen-bond acceptors (Lipinski definition) is 3. The number of aryl methyl sites for hydroxylation is 1. The summed E-state index contributed by atoms with van der Waals surface area (Å²) in [6.07, 6.45) is 0.994. The molecule has 3 aromatic rings. The molecule has 0 radical (unpaired) electrons. The Labute approximate surface area is 154 Å². The van der Waals surface area contributed by atoms with Gasteiger partial charge in [0.05, 0.1) is 5.56 Å². The van der Waals surface area contributed by atoms with Crippen LogP contribution in [0.25, 0.3) is 0 Å². The molecule has 0 aliphatic carbocycles. The van der Waals surface area contributed by atoms with E-state index in [1.165, 1.54) is 35.0 Å². The summed E-state index contributed by atoms with van der Waals surface area (Å²) in [6, 6.07) is 12.4. The molecule has 7 heteroatoms. The number of hydrogen-bond donors (Lipinski definition) is 1. The molecule has 0 bridgehead atoms. The quantitative estimate of drug-likeness (QED) is 0.748. The van der Waals surface area contributed by atoms with Crippen molar-refractivity contribution in [2.45, 2.75) is 12.8 Å². The Bertz CT molecular complexity index is 1010. The fourth-order valence-corrected chi connectivity index (χ4v) is 2.59. The van der Waals surface area contributed by atoms with Gasteiger partial charge in [0.2, 0.25) is 5.56 Å². The van der Waals surface area contributed by atoms with E-state index in [-0.39, 0.29) is 17.0 Å². The summed E-state index contributed by atoms with van der Waals surface area (Å²) in [5.74, 6) is -0.0191. The number of benzene rings is 1. The summed E-state index contributed by atoms with van der Waals surface area (Å²) in [5, 5.41) is 2.66. The zero-order valence-corrected chi connectivity index (χ0v) is 14.5. The molecule has 0 saturated carbocycles. The average molecular weight is 369 g/mol. The smallest absolute Gasteiger partial charge is 0.263 e. The first-order chi connectivity index (χ1) is 12.9. The first-order valence-electron chi connectivity index (χ1n) is 8.22. The summed E-state index contributed by atoms with van der Waals surface area (Å²) in [4.78, 5) is 27.8. The predicted molar refractivity (Wildman–Crippen MR) is 98.1 cm³/mol. The Hall–Kier alpha value is -3.35. The zero-order chi connectivity index (χ0) is 19.4. The maximum Gasteiger partial charge on any atom is 0.263 e. The Kier molecular flexibility index (Phi) is 5.40. The molecule has 1 aromatic carbocycles. The van der Waals surface area contributed by atoms with Crippen molar-refractivity contribution in [3.63, 3.8) is 0 Å². The molecule has 138 valence electrons. The van der Waals surface area contributed by atoms with Gasteiger partial charge in [0.25, 0.3) is 12.3 Å². The van der Waals surface area contributed by atoms with E-state index in [9.17, 15) is 18.4 Å². The van der Waals surface area contributed by atoms with Crippen LogP contribution in [0.4, 0.5) is 14.6 Å². The molecule has 0 saturated heterocycles. The van der Waals surface area contributed by atoms with Crippen LogP contribution in [0.3, 0.4) is 0 Å². The van der Waals surface area contributed by atoms with Gasteiger partial charge in [-0.2, -0.15) is 0 Å². The Balaban J connectivity index is 1.68. The Morgan fingerprint density at radius 1 is 1.15 bits per heavy atom. The largest absolute Gasteiger partial charge is 0.318 e. The molecular weight excluding hydrogens is 352 g/mol. The van der Waals surface area contributed by atoms with Crippen LogP contribution in [0.2, 0.25) is 0 Å². The van der Waals surface area contributed by atoms with E-state index in [4.69, 9.17) is 0 Å². The summed E-state index contributed by atoms with van der Waals surface area (Å²) < 4.78 is 26.9. The van der Waals surface area contributed by atoms with E-state index < -0.39 is 6.43 Å². The number of amides is 1. The molecule has 0 fully saturated rings. The van der Waals surface area contributed by atoms with Crippen LogP contribution >= 0.6 is 0 Å². The SMILES string of the molecule is Cn1cc(C(=O)Nc2ccc(Cc3cccc(C(F)F)c3)cn2)ccc1=O. The van der Waals surface area contributed by atoms with Crippen molar-refractivity contribution in [3.05, 3.63) is 93.5 Å². The maximum atomic E-state index is 12.8. The number of halogens is 2. The second-order valence-electron chi connectivity index (χ2n) is 6.10. The molecular formula is C20H17F2N3O2. The Morgan fingerprint density at radius 3 is 2.63 bits per heavy atom. The summed E-state index contributed by atoms with van der Waals surface area (Å²) in [5.41, 5.74) is 1.72. The van der Waals surface area contributed by atoms with Gasteiger partial charge in [-0.15, -0.1) is 0 Å². The summed E-state index contributed by atoms with van der Waals surface area (Å²) in [6.45, 7) is 0. The van der Waals surface area contributed by atoms with Crippen molar-refractivity contribution < 1.29 is 13.6 Å². The summed E-state index contributed by atoms with van der Waals surface area (Å²) in [7, 11) is 1.56. The number of nitrogens with one attached hydrogen (secondary N) is 1. The molecule has 0 atom stereocenters. The fourth-order valence-electron chi connectivity index (χ4n) is 2.59. The van der Waals surface area contributed by atoms with E-state index in [2.05, 4.69) is 10.3 Å². The van der Waals surface area contributed by atoms with E-state index in [1.807, 2.05) is 0 Å². The predicted octanol–water partition coefficient (Wildman–Crippen LogP) is 3.56. The van der Waals surface area contributed by atoms with Gasteiger partial charge in [-0.25, -0.2) is 13.8 Å². The minimum Gasteiger partial charge on any atom is -0.318 e. The number of alkyl halides is 2.